The van der Waals surface area contributed by atoms with Crippen LogP contribution in [-0.2, 0) is 0 Å². The van der Waals surface area contributed by atoms with Crippen molar-refractivity contribution in [2.24, 2.45) is 4.99 Å². The average molecular weight is 298 g/mol. The Kier molecular flexibility index (Phi) is 2.49. The van der Waals surface area contributed by atoms with Gasteiger partial charge in [-0.25, -0.2) is 0 Å². The molecule has 0 saturated carbocycles. The van der Waals surface area contributed by atoms with Crippen LogP contribution >= 0.6 is 27.7 Å². The molecular weight excluding hydrogens is 290 g/mol. The van der Waals surface area contributed by atoms with E-state index in [1.165, 1.54) is 11.7 Å². The van der Waals surface area contributed by atoms with Gasteiger partial charge in [0.1, 0.15) is 11.0 Å². The van der Waals surface area contributed by atoms with E-state index in [9.17, 15) is 0 Å². The lowest BCUT2D eigenvalue weighted by Gasteiger charge is -2.08. The summed E-state index contributed by atoms with van der Waals surface area (Å²) < 4.78 is 9.34. The molecule has 0 amide bonds. The van der Waals surface area contributed by atoms with Crippen LogP contribution in [0, 0.1) is 0 Å². The first-order chi connectivity index (χ1) is 7.84. The summed E-state index contributed by atoms with van der Waals surface area (Å²) in [7, 11) is 0. The maximum Gasteiger partial charge on any atom is 0.195 e. The van der Waals surface area contributed by atoms with E-state index in [0.29, 0.717) is 0 Å². The molecule has 0 bridgehead atoms. The van der Waals surface area contributed by atoms with Crippen LogP contribution in [0.3, 0.4) is 0 Å². The maximum atomic E-state index is 4.28. The van der Waals surface area contributed by atoms with E-state index in [0.717, 1.165) is 40.2 Å². The number of nitrogens with one attached hydrogen (secondary N) is 2. The summed E-state index contributed by atoms with van der Waals surface area (Å²) in [5, 5.41) is 6.38. The molecule has 16 heavy (non-hydrogen) atoms. The Bertz CT molecular complexity index is 564. The molecule has 2 aromatic rings. The van der Waals surface area contributed by atoms with Crippen molar-refractivity contribution in [3.05, 3.63) is 16.6 Å². The van der Waals surface area contributed by atoms with Crippen molar-refractivity contribution >= 4 is 50.3 Å². The average Bonchev–Trinajstić information content (AvgIpc) is 2.93. The second-order valence-electron chi connectivity index (χ2n) is 3.34. The number of aromatic nitrogens is 2. The third kappa shape index (κ3) is 1.65. The number of aliphatic imine (C=N–C) groups is 1. The monoisotopic (exact) mass is 297 g/mol. The number of nitrogens with zero attached hydrogens (tertiary/aromatic N) is 3. The Morgan fingerprint density at radius 1 is 1.38 bits per heavy atom. The lowest BCUT2D eigenvalue weighted by molar-refractivity contribution is 0.959. The topological polar surface area (TPSA) is 62.2 Å². The van der Waals surface area contributed by atoms with E-state index in [1.807, 2.05) is 12.1 Å². The maximum absolute atomic E-state index is 4.28. The summed E-state index contributed by atoms with van der Waals surface area (Å²) in [5.41, 5.74) is 2.74. The Balaban J connectivity index is 1.99. The molecule has 2 N–H and O–H groups in total. The van der Waals surface area contributed by atoms with Gasteiger partial charge in [-0.15, -0.1) is 0 Å². The zero-order valence-corrected chi connectivity index (χ0v) is 10.6. The number of benzene rings is 1. The Hall–Kier alpha value is -1.21. The Morgan fingerprint density at radius 3 is 3.12 bits per heavy atom. The molecule has 1 aliphatic heterocycles. The Morgan fingerprint density at radius 2 is 2.31 bits per heavy atom. The van der Waals surface area contributed by atoms with Gasteiger partial charge in [-0.3, -0.25) is 4.99 Å². The number of guanidine groups is 1. The molecule has 1 aliphatic rings. The molecule has 0 unspecified atom stereocenters. The molecule has 82 valence electrons. The molecule has 0 fully saturated rings. The van der Waals surface area contributed by atoms with E-state index in [4.69, 9.17) is 0 Å². The molecule has 7 heteroatoms. The predicted octanol–water partition coefficient (Wildman–Crippen LogP) is 1.82. The smallest absolute Gasteiger partial charge is 0.195 e. The van der Waals surface area contributed by atoms with Crippen LogP contribution in [0.15, 0.2) is 21.6 Å². The second kappa shape index (κ2) is 3.99. The largest absolute Gasteiger partial charge is 0.354 e. The molecule has 1 aromatic heterocycles. The molecule has 0 saturated heterocycles. The first kappa shape index (κ1) is 9.98. The van der Waals surface area contributed by atoms with E-state index in [2.05, 4.69) is 40.3 Å². The molecule has 0 atom stereocenters. The summed E-state index contributed by atoms with van der Waals surface area (Å²) >= 11 is 4.74. The first-order valence-corrected chi connectivity index (χ1v) is 6.33. The van der Waals surface area contributed by atoms with Crippen LogP contribution in [0.25, 0.3) is 11.0 Å². The second-order valence-corrected chi connectivity index (χ2v) is 4.66. The van der Waals surface area contributed by atoms with Gasteiger partial charge in [0, 0.05) is 6.54 Å². The highest BCUT2D eigenvalue weighted by molar-refractivity contribution is 9.10. The van der Waals surface area contributed by atoms with Crippen molar-refractivity contribution in [2.75, 3.05) is 18.4 Å². The number of hydrogen-bond donors (Lipinski definition) is 2. The van der Waals surface area contributed by atoms with Gasteiger partial charge in [0.15, 0.2) is 5.96 Å². The minimum absolute atomic E-state index is 0.809. The van der Waals surface area contributed by atoms with Gasteiger partial charge in [0.2, 0.25) is 0 Å². The number of anilines is 1. The molecule has 0 aliphatic carbocycles. The third-order valence-corrected chi connectivity index (χ3v) is 3.64. The summed E-state index contributed by atoms with van der Waals surface area (Å²) in [6.45, 7) is 1.71. The van der Waals surface area contributed by atoms with Gasteiger partial charge >= 0.3 is 0 Å². The van der Waals surface area contributed by atoms with Gasteiger partial charge in [0.05, 0.1) is 28.4 Å². The first-order valence-electron chi connectivity index (χ1n) is 4.81. The lowest BCUT2D eigenvalue weighted by Crippen LogP contribution is -2.26. The molecular formula is C9H8BrN5S. The van der Waals surface area contributed by atoms with Gasteiger partial charge in [0.25, 0.3) is 0 Å². The van der Waals surface area contributed by atoms with Crippen LogP contribution in [0.5, 0.6) is 0 Å². The van der Waals surface area contributed by atoms with Crippen LogP contribution in [0.2, 0.25) is 0 Å². The summed E-state index contributed by atoms with van der Waals surface area (Å²) in [4.78, 5) is 4.28. The number of hydrogen-bond acceptors (Lipinski definition) is 6. The van der Waals surface area contributed by atoms with E-state index in [-0.39, 0.29) is 0 Å². The van der Waals surface area contributed by atoms with E-state index >= 15 is 0 Å². The predicted molar refractivity (Wildman–Crippen MR) is 69.0 cm³/mol. The summed E-state index contributed by atoms with van der Waals surface area (Å²) in [6, 6.07) is 3.91. The van der Waals surface area contributed by atoms with Crippen LogP contribution in [-0.4, -0.2) is 27.8 Å². The van der Waals surface area contributed by atoms with Crippen molar-refractivity contribution in [3.8, 4) is 0 Å². The number of halogens is 1. The minimum atomic E-state index is 0.809. The molecule has 0 radical (unpaired) electrons. The normalized spacial score (nSPS) is 14.9. The molecule has 0 spiro atoms. The fourth-order valence-electron chi connectivity index (χ4n) is 1.53. The van der Waals surface area contributed by atoms with E-state index < -0.39 is 0 Å². The van der Waals surface area contributed by atoms with Crippen LogP contribution in [0.4, 0.5) is 5.69 Å². The fourth-order valence-corrected chi connectivity index (χ4v) is 2.71. The van der Waals surface area contributed by atoms with Crippen molar-refractivity contribution in [3.63, 3.8) is 0 Å². The van der Waals surface area contributed by atoms with Crippen LogP contribution in [0.1, 0.15) is 0 Å². The Labute approximate surface area is 104 Å². The summed E-state index contributed by atoms with van der Waals surface area (Å²) in [6.07, 6.45) is 0. The number of fused-ring (bicyclic) bond motifs is 1. The molecule has 1 aromatic carbocycles. The van der Waals surface area contributed by atoms with Gasteiger partial charge in [-0.1, -0.05) is 0 Å². The molecule has 3 rings (SSSR count). The van der Waals surface area contributed by atoms with Gasteiger partial charge in [-0.05, 0) is 28.1 Å². The molecule has 5 nitrogen and oxygen atoms in total. The highest BCUT2D eigenvalue weighted by Gasteiger charge is 2.11. The number of rotatable bonds is 1. The SMILES string of the molecule is Brc1c(NC2=NCCN2)ccc2nsnc12. The van der Waals surface area contributed by atoms with Crippen LogP contribution < -0.4 is 10.6 Å². The van der Waals surface area contributed by atoms with E-state index in [1.54, 1.807) is 0 Å². The van der Waals surface area contributed by atoms with Crippen molar-refractivity contribution < 1.29 is 0 Å². The summed E-state index contributed by atoms with van der Waals surface area (Å²) in [5.74, 6) is 0.809. The lowest BCUT2D eigenvalue weighted by atomic mass is 10.3. The molecule has 2 heterocycles. The quantitative estimate of drug-likeness (QED) is 0.843. The van der Waals surface area contributed by atoms with Crippen molar-refractivity contribution in [2.45, 2.75) is 0 Å². The van der Waals surface area contributed by atoms with Crippen molar-refractivity contribution in [1.82, 2.24) is 14.1 Å². The fraction of sp³-hybridized carbons (Fsp3) is 0.222. The van der Waals surface area contributed by atoms with Gasteiger partial charge in [-0.2, -0.15) is 8.75 Å². The zero-order valence-electron chi connectivity index (χ0n) is 8.20. The third-order valence-electron chi connectivity index (χ3n) is 2.29. The zero-order chi connectivity index (χ0) is 11.0. The van der Waals surface area contributed by atoms with Crippen molar-refractivity contribution in [1.29, 1.82) is 0 Å². The van der Waals surface area contributed by atoms with Gasteiger partial charge < -0.3 is 10.6 Å². The highest BCUT2D eigenvalue weighted by Crippen LogP contribution is 2.30. The standard InChI is InChI=1S/C9H8BrN5S/c10-7-5(13-9-11-3-4-12-9)1-2-6-8(7)15-16-14-6/h1-2H,3-4H2,(H2,11,12,13). The highest BCUT2D eigenvalue weighted by atomic mass is 79.9. The minimum Gasteiger partial charge on any atom is -0.354 e.